The van der Waals surface area contributed by atoms with Crippen LogP contribution in [-0.2, 0) is 0 Å². The van der Waals surface area contributed by atoms with E-state index in [1.165, 1.54) is 11.3 Å². The quantitative estimate of drug-likeness (QED) is 0.368. The minimum Gasteiger partial charge on any atom is -0.493 e. The van der Waals surface area contributed by atoms with E-state index in [0.717, 1.165) is 21.7 Å². The second kappa shape index (κ2) is 9.27. The summed E-state index contributed by atoms with van der Waals surface area (Å²) in [6, 6.07) is 16.4. The van der Waals surface area contributed by atoms with E-state index in [0.29, 0.717) is 34.5 Å². The summed E-state index contributed by atoms with van der Waals surface area (Å²) in [6.45, 7) is 3.88. The minimum atomic E-state index is -0.542. The lowest BCUT2D eigenvalue weighted by molar-refractivity contribution is 0.244. The summed E-state index contributed by atoms with van der Waals surface area (Å²) in [4.78, 5) is 20.6. The molecule has 8 nitrogen and oxygen atoms in total. The summed E-state index contributed by atoms with van der Waals surface area (Å²) in [5.41, 5.74) is 3.99. The number of hydrogen-bond acceptors (Lipinski definition) is 7. The van der Waals surface area contributed by atoms with Crippen LogP contribution >= 0.6 is 11.3 Å². The molecule has 0 fully saturated rings. The highest BCUT2D eigenvalue weighted by Crippen LogP contribution is 2.41. The molecule has 0 saturated carbocycles. The first-order valence-corrected chi connectivity index (χ1v) is 11.9. The number of allylic oxidation sites excluding steroid dienone is 1. The van der Waals surface area contributed by atoms with E-state index in [-0.39, 0.29) is 6.03 Å². The van der Waals surface area contributed by atoms with Crippen LogP contribution in [0.1, 0.15) is 30.0 Å². The zero-order valence-electron chi connectivity index (χ0n) is 19.7. The lowest BCUT2D eigenvalue weighted by Crippen LogP contribution is -2.46. The molecular formula is C26H24N4O4S. The van der Waals surface area contributed by atoms with Crippen LogP contribution in [0.5, 0.6) is 11.5 Å². The first-order valence-electron chi connectivity index (χ1n) is 11.0. The molecule has 1 aliphatic rings. The van der Waals surface area contributed by atoms with Crippen LogP contribution < -0.4 is 19.7 Å². The normalized spacial score (nSPS) is 15.8. The smallest absolute Gasteiger partial charge is 0.326 e. The zero-order chi connectivity index (χ0) is 24.5. The van der Waals surface area contributed by atoms with Gasteiger partial charge in [0.2, 0.25) is 5.82 Å². The lowest BCUT2D eigenvalue weighted by atomic mass is 9.94. The van der Waals surface area contributed by atoms with Crippen molar-refractivity contribution in [3.05, 3.63) is 82.7 Å². The molecule has 0 spiro atoms. The van der Waals surface area contributed by atoms with E-state index in [1.54, 1.807) is 19.1 Å². The summed E-state index contributed by atoms with van der Waals surface area (Å²) in [7, 11) is 3.16. The van der Waals surface area contributed by atoms with Crippen LogP contribution in [0.2, 0.25) is 0 Å². The van der Waals surface area contributed by atoms with Gasteiger partial charge in [0.1, 0.15) is 0 Å². The number of amides is 2. The molecule has 5 rings (SSSR count). The van der Waals surface area contributed by atoms with Crippen LogP contribution in [0, 0.1) is 6.92 Å². The van der Waals surface area contributed by atoms with Crippen molar-refractivity contribution in [3.63, 3.8) is 0 Å². The molecule has 0 aliphatic carbocycles. The topological polar surface area (TPSA) is 89.7 Å². The first-order chi connectivity index (χ1) is 17.0. The standard InChI is InChI=1S/C26H24N4O4S/c1-15-7-5-8-18(13-15)30-16(2)22(25-28-24(29-34-25)21-9-6-12-35-21)23(27-26(30)31)17-10-11-19(32-3)20(14-17)33-4/h5-14,23H,1-4H3,(H,27,31). The highest BCUT2D eigenvalue weighted by Gasteiger charge is 2.37. The van der Waals surface area contributed by atoms with Gasteiger partial charge in [0, 0.05) is 5.70 Å². The number of rotatable bonds is 6. The molecule has 4 aromatic rings. The summed E-state index contributed by atoms with van der Waals surface area (Å²) < 4.78 is 16.6. The maximum Gasteiger partial charge on any atom is 0.326 e. The van der Waals surface area contributed by atoms with E-state index in [9.17, 15) is 4.79 Å². The summed E-state index contributed by atoms with van der Waals surface area (Å²) in [5.74, 6) is 1.99. The summed E-state index contributed by atoms with van der Waals surface area (Å²) in [5, 5.41) is 9.28. The second-order valence-corrected chi connectivity index (χ2v) is 9.02. The van der Waals surface area contributed by atoms with E-state index in [4.69, 9.17) is 19.0 Å². The van der Waals surface area contributed by atoms with Crippen LogP contribution in [0.3, 0.4) is 0 Å². The van der Waals surface area contributed by atoms with Crippen molar-refractivity contribution in [1.82, 2.24) is 15.5 Å². The van der Waals surface area contributed by atoms with Crippen molar-refractivity contribution < 1.29 is 18.8 Å². The Kier molecular flexibility index (Phi) is 6.00. The SMILES string of the molecule is COc1ccc(C2NC(=O)N(c3cccc(C)c3)C(C)=C2c2nc(-c3cccs3)no2)cc1OC. The highest BCUT2D eigenvalue weighted by atomic mass is 32.1. The van der Waals surface area contributed by atoms with Crippen molar-refractivity contribution in [1.29, 1.82) is 0 Å². The number of anilines is 1. The Labute approximate surface area is 206 Å². The molecule has 0 radical (unpaired) electrons. The third kappa shape index (κ3) is 4.15. The van der Waals surface area contributed by atoms with Gasteiger partial charge in [0.25, 0.3) is 5.89 Å². The number of nitrogens with one attached hydrogen (secondary N) is 1. The van der Waals surface area contributed by atoms with Crippen molar-refractivity contribution >= 4 is 28.6 Å². The number of hydrogen-bond donors (Lipinski definition) is 1. The Morgan fingerprint density at radius 2 is 1.86 bits per heavy atom. The Hall–Kier alpha value is -4.11. The van der Waals surface area contributed by atoms with Crippen LogP contribution in [0.4, 0.5) is 10.5 Å². The van der Waals surface area contributed by atoms with Crippen molar-refractivity contribution in [3.8, 4) is 22.2 Å². The van der Waals surface area contributed by atoms with Gasteiger partial charge < -0.3 is 19.3 Å². The monoisotopic (exact) mass is 488 g/mol. The number of carbonyl (C=O) groups excluding carboxylic acids is 1. The first kappa shape index (κ1) is 22.7. The molecule has 1 atom stereocenters. The van der Waals surface area contributed by atoms with Gasteiger partial charge in [-0.3, -0.25) is 4.90 Å². The van der Waals surface area contributed by atoms with Gasteiger partial charge >= 0.3 is 6.03 Å². The van der Waals surface area contributed by atoms with Crippen LogP contribution in [-0.4, -0.2) is 30.4 Å². The number of methoxy groups -OCH3 is 2. The average Bonchev–Trinajstić information content (AvgIpc) is 3.56. The van der Waals surface area contributed by atoms with Crippen molar-refractivity contribution in [2.24, 2.45) is 0 Å². The fourth-order valence-electron chi connectivity index (χ4n) is 4.22. The lowest BCUT2D eigenvalue weighted by Gasteiger charge is -2.35. The van der Waals surface area contributed by atoms with E-state index in [2.05, 4.69) is 10.5 Å². The molecule has 9 heteroatoms. The van der Waals surface area contributed by atoms with Gasteiger partial charge in [0.05, 0.1) is 36.4 Å². The average molecular weight is 489 g/mol. The number of aryl methyl sites for hydroxylation is 1. The van der Waals surface area contributed by atoms with Gasteiger partial charge in [-0.1, -0.05) is 29.4 Å². The predicted molar refractivity (Wildman–Crippen MR) is 135 cm³/mol. The Balaban J connectivity index is 1.67. The van der Waals surface area contributed by atoms with E-state index in [1.807, 2.05) is 73.8 Å². The number of ether oxygens (including phenoxy) is 2. The largest absolute Gasteiger partial charge is 0.493 e. The molecular weight excluding hydrogens is 464 g/mol. The van der Waals surface area contributed by atoms with Gasteiger partial charge in [0.15, 0.2) is 11.5 Å². The minimum absolute atomic E-state index is 0.255. The molecule has 178 valence electrons. The van der Waals surface area contributed by atoms with Gasteiger partial charge in [-0.2, -0.15) is 4.98 Å². The Bertz CT molecular complexity index is 1410. The third-order valence-electron chi connectivity index (χ3n) is 5.88. The molecule has 2 aromatic heterocycles. The Morgan fingerprint density at radius 1 is 1.03 bits per heavy atom. The molecule has 2 aromatic carbocycles. The van der Waals surface area contributed by atoms with Gasteiger partial charge in [-0.05, 0) is 60.7 Å². The zero-order valence-corrected chi connectivity index (χ0v) is 20.6. The van der Waals surface area contributed by atoms with Crippen molar-refractivity contribution in [2.75, 3.05) is 19.1 Å². The van der Waals surface area contributed by atoms with Crippen molar-refractivity contribution in [2.45, 2.75) is 19.9 Å². The molecule has 3 heterocycles. The number of nitrogens with zero attached hydrogens (tertiary/aromatic N) is 3. The summed E-state index contributed by atoms with van der Waals surface area (Å²) >= 11 is 1.53. The van der Waals surface area contributed by atoms with E-state index >= 15 is 0 Å². The number of benzene rings is 2. The second-order valence-electron chi connectivity index (χ2n) is 8.07. The molecule has 1 unspecified atom stereocenters. The number of thiophene rings is 1. The fraction of sp³-hybridized carbons (Fsp3) is 0.192. The molecule has 1 N–H and O–H groups in total. The van der Waals surface area contributed by atoms with Crippen LogP contribution in [0.15, 0.2) is 70.2 Å². The molecule has 0 bridgehead atoms. The third-order valence-corrected chi connectivity index (χ3v) is 6.75. The maximum absolute atomic E-state index is 13.4. The maximum atomic E-state index is 13.4. The molecule has 1 aliphatic heterocycles. The van der Waals surface area contributed by atoms with E-state index < -0.39 is 6.04 Å². The Morgan fingerprint density at radius 3 is 2.57 bits per heavy atom. The van der Waals surface area contributed by atoms with Gasteiger partial charge in [-0.25, -0.2) is 4.79 Å². The number of aromatic nitrogens is 2. The van der Waals surface area contributed by atoms with Gasteiger partial charge in [-0.15, -0.1) is 11.3 Å². The highest BCUT2D eigenvalue weighted by molar-refractivity contribution is 7.13. The summed E-state index contributed by atoms with van der Waals surface area (Å²) in [6.07, 6.45) is 0. The van der Waals surface area contributed by atoms with Crippen LogP contribution in [0.25, 0.3) is 16.3 Å². The predicted octanol–water partition coefficient (Wildman–Crippen LogP) is 5.83. The molecule has 35 heavy (non-hydrogen) atoms. The molecule has 2 amide bonds. The molecule has 0 saturated heterocycles. The number of urea groups is 1. The number of carbonyl (C=O) groups is 1. The fourth-order valence-corrected chi connectivity index (χ4v) is 4.87.